The number of hydrogen-bond donors (Lipinski definition) is 1. The van der Waals surface area contributed by atoms with E-state index >= 15 is 0 Å². The average molecular weight is 699 g/mol. The molecule has 0 heterocycles. The van der Waals surface area contributed by atoms with Crippen LogP contribution in [0.25, 0.3) is 0 Å². The van der Waals surface area contributed by atoms with Gasteiger partial charge in [0.2, 0.25) is 0 Å². The minimum atomic E-state index is -0.684. The number of unbranched alkanes of at least 4 members (excludes halogenated alkanes) is 22. The molecule has 4 nitrogen and oxygen atoms in total. The van der Waals surface area contributed by atoms with E-state index in [1.54, 1.807) is 0 Å². The van der Waals surface area contributed by atoms with E-state index in [-0.39, 0.29) is 12.1 Å². The maximum Gasteiger partial charge on any atom is 0.306 e. The van der Waals surface area contributed by atoms with Crippen LogP contribution in [0.1, 0.15) is 226 Å². The van der Waals surface area contributed by atoms with Crippen LogP contribution in [0.4, 0.5) is 0 Å². The number of allylic oxidation sites excluding steroid dienone is 8. The molecule has 0 aromatic rings. The molecule has 0 spiro atoms. The second kappa shape index (κ2) is 41.3. The van der Waals surface area contributed by atoms with Crippen LogP contribution in [0.5, 0.6) is 0 Å². The normalized spacial score (nSPS) is 12.7. The highest BCUT2D eigenvalue weighted by Gasteiger charge is 2.14. The summed E-state index contributed by atoms with van der Waals surface area (Å²) in [4.78, 5) is 23.4. The zero-order valence-corrected chi connectivity index (χ0v) is 33.2. The lowest BCUT2D eigenvalue weighted by atomic mass is 10.0. The number of carbonyl (C=O) groups is 2. The fourth-order valence-electron chi connectivity index (χ4n) is 6.34. The van der Waals surface area contributed by atoms with Crippen LogP contribution < -0.4 is 0 Å². The molecule has 50 heavy (non-hydrogen) atoms. The van der Waals surface area contributed by atoms with Crippen LogP contribution in [0.15, 0.2) is 48.6 Å². The first-order chi connectivity index (χ1) is 24.6. The lowest BCUT2D eigenvalue weighted by molar-refractivity contribution is -0.150. The summed E-state index contributed by atoms with van der Waals surface area (Å²) >= 11 is 0. The SMILES string of the molecule is CCCCC/C=C\C/C=C\C/C=C\C/C=C\CCCCCC(=O)OC(CCCCCCCCCCCC)CCCCCCCCCCC(=O)O. The third kappa shape index (κ3) is 40.3. The Balaban J connectivity index is 4.12. The minimum absolute atomic E-state index is 0.00108. The van der Waals surface area contributed by atoms with Gasteiger partial charge < -0.3 is 9.84 Å². The largest absolute Gasteiger partial charge is 0.481 e. The van der Waals surface area contributed by atoms with E-state index in [1.165, 1.54) is 116 Å². The van der Waals surface area contributed by atoms with E-state index in [1.807, 2.05) is 0 Å². The van der Waals surface area contributed by atoms with E-state index in [0.717, 1.165) is 83.5 Å². The van der Waals surface area contributed by atoms with Crippen molar-refractivity contribution in [2.45, 2.75) is 232 Å². The molecule has 0 amide bonds. The predicted octanol–water partition coefficient (Wildman–Crippen LogP) is 15.1. The number of rotatable bonds is 39. The zero-order chi connectivity index (χ0) is 36.4. The molecule has 0 aliphatic heterocycles. The first kappa shape index (κ1) is 47.9. The van der Waals surface area contributed by atoms with Gasteiger partial charge in [0.1, 0.15) is 6.10 Å². The summed E-state index contributed by atoms with van der Waals surface area (Å²) in [6.07, 6.45) is 55.6. The maximum absolute atomic E-state index is 12.7. The Morgan fingerprint density at radius 3 is 1.24 bits per heavy atom. The number of esters is 1. The molecule has 1 N–H and O–H groups in total. The zero-order valence-electron chi connectivity index (χ0n) is 33.2. The van der Waals surface area contributed by atoms with Gasteiger partial charge in [0.05, 0.1) is 0 Å². The molecule has 4 heteroatoms. The molecule has 0 radical (unpaired) electrons. The molecule has 0 aliphatic carbocycles. The molecule has 0 rings (SSSR count). The summed E-state index contributed by atoms with van der Waals surface area (Å²) in [6.45, 7) is 4.52. The summed E-state index contributed by atoms with van der Waals surface area (Å²) in [5.74, 6) is -0.683. The van der Waals surface area contributed by atoms with Crippen molar-refractivity contribution in [3.63, 3.8) is 0 Å². The maximum atomic E-state index is 12.7. The van der Waals surface area contributed by atoms with Gasteiger partial charge in [0, 0.05) is 12.8 Å². The molecule has 0 aliphatic rings. The third-order valence-electron chi connectivity index (χ3n) is 9.55. The van der Waals surface area contributed by atoms with Crippen LogP contribution in [0.3, 0.4) is 0 Å². The molecule has 0 aromatic carbocycles. The van der Waals surface area contributed by atoms with Gasteiger partial charge in [-0.1, -0.05) is 178 Å². The summed E-state index contributed by atoms with van der Waals surface area (Å²) in [6, 6.07) is 0. The van der Waals surface area contributed by atoms with Crippen LogP contribution in [-0.2, 0) is 14.3 Å². The number of aliphatic carboxylic acids is 1. The Labute approximate surface area is 311 Å². The van der Waals surface area contributed by atoms with Crippen LogP contribution in [-0.4, -0.2) is 23.1 Å². The van der Waals surface area contributed by atoms with Gasteiger partial charge >= 0.3 is 11.9 Å². The number of carbonyl (C=O) groups excluding carboxylic acids is 1. The van der Waals surface area contributed by atoms with Crippen molar-refractivity contribution in [1.29, 1.82) is 0 Å². The van der Waals surface area contributed by atoms with Crippen molar-refractivity contribution in [3.05, 3.63) is 48.6 Å². The number of hydrogen-bond acceptors (Lipinski definition) is 3. The highest BCUT2D eigenvalue weighted by Crippen LogP contribution is 2.19. The number of carboxylic acids is 1. The monoisotopic (exact) mass is 699 g/mol. The molecule has 0 saturated carbocycles. The number of ether oxygens (including phenoxy) is 1. The Morgan fingerprint density at radius 2 is 0.780 bits per heavy atom. The Hall–Kier alpha value is -2.10. The van der Waals surface area contributed by atoms with Gasteiger partial charge in [0.15, 0.2) is 0 Å². The quantitative estimate of drug-likeness (QED) is 0.0394. The Kier molecular flexibility index (Phi) is 39.6. The predicted molar refractivity (Wildman–Crippen MR) is 218 cm³/mol. The van der Waals surface area contributed by atoms with Crippen molar-refractivity contribution < 1.29 is 19.4 Å². The highest BCUT2D eigenvalue weighted by molar-refractivity contribution is 5.69. The molecule has 0 saturated heterocycles. The van der Waals surface area contributed by atoms with Gasteiger partial charge in [-0.15, -0.1) is 0 Å². The lowest BCUT2D eigenvalue weighted by Crippen LogP contribution is -2.18. The highest BCUT2D eigenvalue weighted by atomic mass is 16.5. The van der Waals surface area contributed by atoms with Crippen LogP contribution in [0, 0.1) is 0 Å². The summed E-state index contributed by atoms with van der Waals surface area (Å²) in [5.41, 5.74) is 0. The number of carboxylic acid groups (broad SMARTS) is 1. The summed E-state index contributed by atoms with van der Waals surface area (Å²) in [5, 5.41) is 8.76. The van der Waals surface area contributed by atoms with Crippen LogP contribution >= 0.6 is 0 Å². The van der Waals surface area contributed by atoms with Crippen molar-refractivity contribution in [1.82, 2.24) is 0 Å². The molecule has 0 fully saturated rings. The molecular formula is C46H82O4. The Bertz CT molecular complexity index is 839. The van der Waals surface area contributed by atoms with Gasteiger partial charge in [-0.3, -0.25) is 9.59 Å². The van der Waals surface area contributed by atoms with Crippen molar-refractivity contribution in [2.75, 3.05) is 0 Å². The first-order valence-electron chi connectivity index (χ1n) is 21.6. The molecular weight excluding hydrogens is 617 g/mol. The van der Waals surface area contributed by atoms with E-state index in [9.17, 15) is 9.59 Å². The molecule has 1 atom stereocenters. The second-order valence-electron chi connectivity index (χ2n) is 14.5. The van der Waals surface area contributed by atoms with E-state index in [0.29, 0.717) is 12.8 Å². The molecule has 1 unspecified atom stereocenters. The second-order valence-corrected chi connectivity index (χ2v) is 14.5. The van der Waals surface area contributed by atoms with Gasteiger partial charge in [-0.2, -0.15) is 0 Å². The topological polar surface area (TPSA) is 63.6 Å². The van der Waals surface area contributed by atoms with E-state index < -0.39 is 5.97 Å². The first-order valence-corrected chi connectivity index (χ1v) is 21.6. The van der Waals surface area contributed by atoms with Gasteiger partial charge in [-0.05, 0) is 83.5 Å². The van der Waals surface area contributed by atoms with Crippen LogP contribution in [0.2, 0.25) is 0 Å². The lowest BCUT2D eigenvalue weighted by Gasteiger charge is -2.18. The molecule has 0 bridgehead atoms. The van der Waals surface area contributed by atoms with Crippen molar-refractivity contribution in [2.24, 2.45) is 0 Å². The van der Waals surface area contributed by atoms with Gasteiger partial charge in [-0.25, -0.2) is 0 Å². The van der Waals surface area contributed by atoms with E-state index in [2.05, 4.69) is 62.5 Å². The van der Waals surface area contributed by atoms with E-state index in [4.69, 9.17) is 9.84 Å². The molecule has 290 valence electrons. The fraction of sp³-hybridized carbons (Fsp3) is 0.783. The fourth-order valence-corrected chi connectivity index (χ4v) is 6.34. The average Bonchev–Trinajstić information content (AvgIpc) is 3.10. The molecule has 0 aromatic heterocycles. The standard InChI is InChI=1S/C46H82O4/c1-3-5-7-9-11-13-15-16-17-18-19-20-21-22-23-25-31-35-39-43-46(49)50-44(40-36-32-28-24-14-12-10-8-6-4-2)41-37-33-29-26-27-30-34-38-42-45(47)48/h11,13,16-17,19-20,22-23,44H,3-10,12,14-15,18,21,24-43H2,1-2H3,(H,47,48)/b13-11-,17-16-,20-19-,23-22-. The Morgan fingerprint density at radius 1 is 0.440 bits per heavy atom. The van der Waals surface area contributed by atoms with Gasteiger partial charge in [0.25, 0.3) is 0 Å². The summed E-state index contributed by atoms with van der Waals surface area (Å²) < 4.78 is 6.04. The van der Waals surface area contributed by atoms with Crippen molar-refractivity contribution in [3.8, 4) is 0 Å². The minimum Gasteiger partial charge on any atom is -0.481 e. The smallest absolute Gasteiger partial charge is 0.306 e. The summed E-state index contributed by atoms with van der Waals surface area (Å²) in [7, 11) is 0. The third-order valence-corrected chi connectivity index (χ3v) is 9.55. The van der Waals surface area contributed by atoms with Crippen molar-refractivity contribution >= 4 is 11.9 Å².